The SMILES string of the molecule is COc1ccc(OC)c(S(=O)(=O)Nc2ccc(C(=O)N3CCCC3)cc2)c1. The van der Waals surface area contributed by atoms with E-state index in [1.54, 1.807) is 35.2 Å². The lowest BCUT2D eigenvalue weighted by atomic mass is 10.2. The summed E-state index contributed by atoms with van der Waals surface area (Å²) in [5, 5.41) is 0. The fourth-order valence-electron chi connectivity index (χ4n) is 2.99. The van der Waals surface area contributed by atoms with Gasteiger partial charge in [-0.15, -0.1) is 0 Å². The Balaban J connectivity index is 1.81. The molecule has 0 atom stereocenters. The van der Waals surface area contributed by atoms with Crippen molar-refractivity contribution in [1.29, 1.82) is 0 Å². The van der Waals surface area contributed by atoms with Gasteiger partial charge in [-0.25, -0.2) is 8.42 Å². The lowest BCUT2D eigenvalue weighted by Gasteiger charge is -2.16. The van der Waals surface area contributed by atoms with E-state index >= 15 is 0 Å². The number of carbonyl (C=O) groups is 1. The number of rotatable bonds is 6. The number of hydrogen-bond donors (Lipinski definition) is 1. The van der Waals surface area contributed by atoms with E-state index < -0.39 is 10.0 Å². The van der Waals surface area contributed by atoms with E-state index in [2.05, 4.69) is 4.72 Å². The number of benzene rings is 2. The van der Waals surface area contributed by atoms with E-state index in [-0.39, 0.29) is 16.6 Å². The maximum atomic E-state index is 12.8. The standard InChI is InChI=1S/C19H22N2O5S/c1-25-16-9-10-17(26-2)18(13-16)27(23,24)20-15-7-5-14(6-8-15)19(22)21-11-3-4-12-21/h5-10,13,20H,3-4,11-12H2,1-2H3. The van der Waals surface area contributed by atoms with Crippen LogP contribution < -0.4 is 14.2 Å². The molecule has 1 saturated heterocycles. The van der Waals surface area contributed by atoms with E-state index in [9.17, 15) is 13.2 Å². The third kappa shape index (κ3) is 4.16. The van der Waals surface area contributed by atoms with Gasteiger partial charge in [-0.05, 0) is 49.2 Å². The van der Waals surface area contributed by atoms with Crippen LogP contribution in [0, 0.1) is 0 Å². The first kappa shape index (κ1) is 19.0. The molecule has 8 heteroatoms. The summed E-state index contributed by atoms with van der Waals surface area (Å²) < 4.78 is 38.3. The highest BCUT2D eigenvalue weighted by Gasteiger charge is 2.22. The number of amides is 1. The number of methoxy groups -OCH3 is 2. The van der Waals surface area contributed by atoms with Crippen molar-refractivity contribution in [2.45, 2.75) is 17.7 Å². The van der Waals surface area contributed by atoms with Crippen molar-refractivity contribution in [3.05, 3.63) is 48.0 Å². The van der Waals surface area contributed by atoms with E-state index in [0.717, 1.165) is 25.9 Å². The first-order chi connectivity index (χ1) is 12.9. The van der Waals surface area contributed by atoms with Gasteiger partial charge in [0.05, 0.1) is 14.2 Å². The van der Waals surface area contributed by atoms with Gasteiger partial charge in [0.25, 0.3) is 15.9 Å². The van der Waals surface area contributed by atoms with Crippen LogP contribution in [-0.2, 0) is 10.0 Å². The molecule has 3 rings (SSSR count). The van der Waals surface area contributed by atoms with Crippen molar-refractivity contribution in [3.8, 4) is 11.5 Å². The number of carbonyl (C=O) groups excluding carboxylic acids is 1. The van der Waals surface area contributed by atoms with Gasteiger partial charge in [0.15, 0.2) is 0 Å². The van der Waals surface area contributed by atoms with E-state index in [1.807, 2.05) is 0 Å². The molecule has 1 amide bonds. The maximum Gasteiger partial charge on any atom is 0.265 e. The van der Waals surface area contributed by atoms with Crippen molar-refractivity contribution >= 4 is 21.6 Å². The Bertz CT molecular complexity index is 920. The molecule has 1 N–H and O–H groups in total. The Morgan fingerprint density at radius 3 is 2.26 bits per heavy atom. The molecular formula is C19H22N2O5S. The van der Waals surface area contributed by atoms with Gasteiger partial charge in [0.1, 0.15) is 16.4 Å². The molecule has 0 spiro atoms. The number of hydrogen-bond acceptors (Lipinski definition) is 5. The Morgan fingerprint density at radius 1 is 1.00 bits per heavy atom. The summed E-state index contributed by atoms with van der Waals surface area (Å²) in [6, 6.07) is 11.0. The molecule has 0 aliphatic carbocycles. The molecule has 144 valence electrons. The molecule has 1 aliphatic rings. The van der Waals surface area contributed by atoms with Gasteiger partial charge in [0.2, 0.25) is 0 Å². The molecule has 0 bridgehead atoms. The maximum absolute atomic E-state index is 12.8. The zero-order valence-corrected chi connectivity index (χ0v) is 16.1. The largest absolute Gasteiger partial charge is 0.497 e. The number of sulfonamides is 1. The summed E-state index contributed by atoms with van der Waals surface area (Å²) >= 11 is 0. The summed E-state index contributed by atoms with van der Waals surface area (Å²) in [4.78, 5) is 14.2. The highest BCUT2D eigenvalue weighted by atomic mass is 32.2. The molecule has 7 nitrogen and oxygen atoms in total. The molecule has 0 aromatic heterocycles. The number of nitrogens with zero attached hydrogens (tertiary/aromatic N) is 1. The Hall–Kier alpha value is -2.74. The van der Waals surface area contributed by atoms with Crippen LogP contribution in [0.4, 0.5) is 5.69 Å². The van der Waals surface area contributed by atoms with E-state index in [4.69, 9.17) is 9.47 Å². The fraction of sp³-hybridized carbons (Fsp3) is 0.316. The molecule has 1 aliphatic heterocycles. The molecule has 1 heterocycles. The minimum Gasteiger partial charge on any atom is -0.497 e. The molecule has 2 aromatic rings. The molecule has 2 aromatic carbocycles. The van der Waals surface area contributed by atoms with Crippen molar-refractivity contribution in [3.63, 3.8) is 0 Å². The normalized spacial score (nSPS) is 14.1. The Morgan fingerprint density at radius 2 is 1.67 bits per heavy atom. The molecule has 27 heavy (non-hydrogen) atoms. The summed E-state index contributed by atoms with van der Waals surface area (Å²) in [5.74, 6) is 0.586. The van der Waals surface area contributed by atoms with Crippen LogP contribution in [0.25, 0.3) is 0 Å². The summed E-state index contributed by atoms with van der Waals surface area (Å²) in [6.45, 7) is 1.53. The average Bonchev–Trinajstić information content (AvgIpc) is 3.22. The van der Waals surface area contributed by atoms with Crippen molar-refractivity contribution in [2.24, 2.45) is 0 Å². The second-order valence-corrected chi connectivity index (χ2v) is 7.85. The molecular weight excluding hydrogens is 368 g/mol. The molecule has 0 unspecified atom stereocenters. The first-order valence-electron chi connectivity index (χ1n) is 8.59. The van der Waals surface area contributed by atoms with Crippen molar-refractivity contribution in [2.75, 3.05) is 32.0 Å². The third-order valence-electron chi connectivity index (χ3n) is 4.44. The van der Waals surface area contributed by atoms with Gasteiger partial charge in [-0.2, -0.15) is 0 Å². The van der Waals surface area contributed by atoms with Crippen LogP contribution in [-0.4, -0.2) is 46.5 Å². The number of ether oxygens (including phenoxy) is 2. The zero-order valence-electron chi connectivity index (χ0n) is 15.3. The Labute approximate surface area is 158 Å². The van der Waals surface area contributed by atoms with Gasteiger partial charge in [-0.1, -0.05) is 0 Å². The van der Waals surface area contributed by atoms with Crippen LogP contribution in [0.1, 0.15) is 23.2 Å². The van der Waals surface area contributed by atoms with Crippen LogP contribution in [0.5, 0.6) is 11.5 Å². The fourth-order valence-corrected chi connectivity index (χ4v) is 4.23. The lowest BCUT2D eigenvalue weighted by Crippen LogP contribution is -2.27. The number of nitrogens with one attached hydrogen (secondary N) is 1. The summed E-state index contributed by atoms with van der Waals surface area (Å²) in [6.07, 6.45) is 2.04. The van der Waals surface area contributed by atoms with Crippen LogP contribution in [0.15, 0.2) is 47.4 Å². The minimum absolute atomic E-state index is 0.0263. The summed E-state index contributed by atoms with van der Waals surface area (Å²) in [5.41, 5.74) is 0.900. The first-order valence-corrected chi connectivity index (χ1v) is 10.1. The van der Waals surface area contributed by atoms with Crippen LogP contribution in [0.3, 0.4) is 0 Å². The smallest absolute Gasteiger partial charge is 0.265 e. The monoisotopic (exact) mass is 390 g/mol. The topological polar surface area (TPSA) is 84.9 Å². The van der Waals surface area contributed by atoms with Gasteiger partial charge >= 0.3 is 0 Å². The van der Waals surface area contributed by atoms with Crippen LogP contribution >= 0.6 is 0 Å². The zero-order chi connectivity index (χ0) is 19.4. The highest BCUT2D eigenvalue weighted by Crippen LogP contribution is 2.29. The van der Waals surface area contributed by atoms with E-state index in [0.29, 0.717) is 17.0 Å². The highest BCUT2D eigenvalue weighted by molar-refractivity contribution is 7.92. The molecule has 0 saturated carbocycles. The van der Waals surface area contributed by atoms with Gasteiger partial charge in [-0.3, -0.25) is 9.52 Å². The van der Waals surface area contributed by atoms with Crippen molar-refractivity contribution in [1.82, 2.24) is 4.90 Å². The minimum atomic E-state index is -3.89. The van der Waals surface area contributed by atoms with E-state index in [1.165, 1.54) is 26.4 Å². The quantitative estimate of drug-likeness (QED) is 0.820. The third-order valence-corrected chi connectivity index (χ3v) is 5.84. The number of likely N-dealkylation sites (tertiary alicyclic amines) is 1. The molecule has 0 radical (unpaired) electrons. The Kier molecular flexibility index (Phi) is 5.55. The number of anilines is 1. The second-order valence-electron chi connectivity index (χ2n) is 6.20. The summed E-state index contributed by atoms with van der Waals surface area (Å²) in [7, 11) is -1.03. The van der Waals surface area contributed by atoms with Gasteiger partial charge in [0, 0.05) is 30.4 Å². The molecule has 1 fully saturated rings. The van der Waals surface area contributed by atoms with Crippen molar-refractivity contribution < 1.29 is 22.7 Å². The van der Waals surface area contributed by atoms with Gasteiger partial charge < -0.3 is 14.4 Å². The predicted octanol–water partition coefficient (Wildman–Crippen LogP) is 2.74. The predicted molar refractivity (Wildman–Crippen MR) is 102 cm³/mol. The lowest BCUT2D eigenvalue weighted by molar-refractivity contribution is 0.0793. The van der Waals surface area contributed by atoms with Crippen LogP contribution in [0.2, 0.25) is 0 Å². The average molecular weight is 390 g/mol. The second kappa shape index (κ2) is 7.87.